The Balaban J connectivity index is 1.98. The second-order valence-corrected chi connectivity index (χ2v) is 10.1. The van der Waals surface area contributed by atoms with Gasteiger partial charge in [0, 0.05) is 42.3 Å². The minimum atomic E-state index is -1.11. The number of aromatic nitrogens is 1. The van der Waals surface area contributed by atoms with Crippen LogP contribution in [0.15, 0.2) is 18.2 Å². The molecule has 1 aromatic heterocycles. The number of carboxylic acid groups (broad SMARTS) is 1. The lowest BCUT2D eigenvalue weighted by Crippen LogP contribution is -2.61. The lowest BCUT2D eigenvalue weighted by atomic mass is 9.92. The Hall–Kier alpha value is -3.21. The summed E-state index contributed by atoms with van der Waals surface area (Å²) in [7, 11) is 1.92. The number of hydrogen-bond acceptors (Lipinski definition) is 5. The van der Waals surface area contributed by atoms with Crippen molar-refractivity contribution in [3.05, 3.63) is 29.5 Å². The third-order valence-electron chi connectivity index (χ3n) is 5.46. The van der Waals surface area contributed by atoms with E-state index in [-0.39, 0.29) is 12.1 Å². The number of amides is 1. The normalized spacial score (nSPS) is 14.8. The van der Waals surface area contributed by atoms with Crippen molar-refractivity contribution in [2.75, 3.05) is 25.0 Å². The number of ether oxygens (including phenoxy) is 1. The van der Waals surface area contributed by atoms with E-state index in [1.54, 1.807) is 11.0 Å². The van der Waals surface area contributed by atoms with Crippen molar-refractivity contribution in [1.82, 2.24) is 9.47 Å². The number of fused-ring (bicyclic) bond motifs is 1. The SMILES string of the molecule is CN(c1ccc(C#N)c2c1cc(C(C)(C)C)n2C(=O)O)C1CN(C(=O)OC(C)(C)C)C1. The van der Waals surface area contributed by atoms with Crippen molar-refractivity contribution >= 4 is 28.8 Å². The quantitative estimate of drug-likeness (QED) is 0.765. The van der Waals surface area contributed by atoms with E-state index in [1.807, 2.05) is 65.6 Å². The molecule has 1 N–H and O–H groups in total. The van der Waals surface area contributed by atoms with Crippen molar-refractivity contribution in [3.8, 4) is 6.07 Å². The first-order valence-electron chi connectivity index (χ1n) is 10.3. The molecule has 2 heterocycles. The van der Waals surface area contributed by atoms with E-state index in [2.05, 4.69) is 6.07 Å². The molecule has 31 heavy (non-hydrogen) atoms. The van der Waals surface area contributed by atoms with E-state index < -0.39 is 17.1 Å². The highest BCUT2D eigenvalue weighted by Crippen LogP contribution is 2.37. The van der Waals surface area contributed by atoms with Crippen LogP contribution >= 0.6 is 0 Å². The first kappa shape index (κ1) is 22.5. The first-order valence-corrected chi connectivity index (χ1v) is 10.3. The number of benzene rings is 1. The molecule has 2 aromatic rings. The van der Waals surface area contributed by atoms with Crippen LogP contribution in [-0.4, -0.2) is 58.5 Å². The maximum absolute atomic E-state index is 12.3. The summed E-state index contributed by atoms with van der Waals surface area (Å²) in [6, 6.07) is 7.55. The van der Waals surface area contributed by atoms with E-state index in [0.29, 0.717) is 35.2 Å². The average molecular weight is 427 g/mol. The van der Waals surface area contributed by atoms with Crippen LogP contribution < -0.4 is 4.90 Å². The van der Waals surface area contributed by atoms with Gasteiger partial charge in [-0.25, -0.2) is 14.2 Å². The predicted molar refractivity (Wildman–Crippen MR) is 119 cm³/mol. The van der Waals surface area contributed by atoms with E-state index in [1.165, 1.54) is 4.57 Å². The molecule has 0 atom stereocenters. The Morgan fingerprint density at radius 1 is 1.19 bits per heavy atom. The van der Waals surface area contributed by atoms with Gasteiger partial charge >= 0.3 is 12.2 Å². The zero-order chi connectivity index (χ0) is 23.3. The van der Waals surface area contributed by atoms with Crippen LogP contribution in [0.2, 0.25) is 0 Å². The van der Waals surface area contributed by atoms with Gasteiger partial charge in [-0.2, -0.15) is 5.26 Å². The van der Waals surface area contributed by atoms with Crippen LogP contribution in [0.25, 0.3) is 10.9 Å². The van der Waals surface area contributed by atoms with Crippen molar-refractivity contribution in [2.24, 2.45) is 0 Å². The Morgan fingerprint density at radius 2 is 1.81 bits per heavy atom. The molecule has 0 saturated carbocycles. The molecule has 3 rings (SSSR count). The Kier molecular flexibility index (Phi) is 5.43. The molecular formula is C23H30N4O4. The first-order chi connectivity index (χ1) is 14.2. The van der Waals surface area contributed by atoms with Gasteiger partial charge in [-0.3, -0.25) is 0 Å². The molecule has 1 amide bonds. The Morgan fingerprint density at radius 3 is 2.29 bits per heavy atom. The number of likely N-dealkylation sites (tertiary alicyclic amines) is 1. The molecule has 1 aromatic carbocycles. The van der Waals surface area contributed by atoms with Crippen LogP contribution in [-0.2, 0) is 10.2 Å². The number of nitriles is 1. The number of likely N-dealkylation sites (N-methyl/N-ethyl adjacent to an activating group) is 1. The zero-order valence-electron chi connectivity index (χ0n) is 19.2. The minimum absolute atomic E-state index is 0.0647. The third kappa shape index (κ3) is 4.18. The molecule has 0 radical (unpaired) electrons. The van der Waals surface area contributed by atoms with Gasteiger partial charge in [0.25, 0.3) is 0 Å². The van der Waals surface area contributed by atoms with Gasteiger partial charge in [-0.15, -0.1) is 0 Å². The van der Waals surface area contributed by atoms with E-state index in [9.17, 15) is 20.0 Å². The molecule has 1 saturated heterocycles. The van der Waals surface area contributed by atoms with Crippen LogP contribution in [0.5, 0.6) is 0 Å². The Bertz CT molecular complexity index is 1080. The van der Waals surface area contributed by atoms with Crippen molar-refractivity contribution in [1.29, 1.82) is 5.26 Å². The second kappa shape index (κ2) is 7.49. The van der Waals surface area contributed by atoms with Gasteiger partial charge in [0.1, 0.15) is 11.7 Å². The highest BCUT2D eigenvalue weighted by molar-refractivity contribution is 6.01. The van der Waals surface area contributed by atoms with Gasteiger partial charge in [-0.05, 0) is 39.0 Å². The van der Waals surface area contributed by atoms with E-state index in [0.717, 1.165) is 5.69 Å². The summed E-state index contributed by atoms with van der Waals surface area (Å²) in [5.74, 6) is 0. The zero-order valence-corrected chi connectivity index (χ0v) is 19.2. The molecule has 0 spiro atoms. The summed E-state index contributed by atoms with van der Waals surface area (Å²) in [4.78, 5) is 28.1. The molecule has 1 aliphatic heterocycles. The molecule has 0 aliphatic carbocycles. The minimum Gasteiger partial charge on any atom is -0.464 e. The lowest BCUT2D eigenvalue weighted by molar-refractivity contribution is 0.00853. The summed E-state index contributed by atoms with van der Waals surface area (Å²) in [6.45, 7) is 12.4. The van der Waals surface area contributed by atoms with Gasteiger partial charge in [0.2, 0.25) is 0 Å². The maximum Gasteiger partial charge on any atom is 0.416 e. The van der Waals surface area contributed by atoms with Gasteiger partial charge in [0.05, 0.1) is 17.1 Å². The topological polar surface area (TPSA) is 98.8 Å². The van der Waals surface area contributed by atoms with Crippen molar-refractivity contribution in [3.63, 3.8) is 0 Å². The second-order valence-electron chi connectivity index (χ2n) is 10.1. The van der Waals surface area contributed by atoms with Gasteiger partial charge in [-0.1, -0.05) is 20.8 Å². The fraction of sp³-hybridized carbons (Fsp3) is 0.522. The summed E-state index contributed by atoms with van der Waals surface area (Å²) < 4.78 is 6.64. The number of carbonyl (C=O) groups excluding carboxylic acids is 1. The monoisotopic (exact) mass is 426 g/mol. The Labute approximate surface area is 182 Å². The number of anilines is 1. The van der Waals surface area contributed by atoms with Crippen molar-refractivity contribution < 1.29 is 19.4 Å². The van der Waals surface area contributed by atoms with E-state index in [4.69, 9.17) is 4.74 Å². The summed E-state index contributed by atoms with van der Waals surface area (Å²) in [6.07, 6.45) is -1.45. The molecule has 8 heteroatoms. The molecule has 0 bridgehead atoms. The highest BCUT2D eigenvalue weighted by Gasteiger charge is 2.37. The summed E-state index contributed by atoms with van der Waals surface area (Å²) in [5.41, 5.74) is 1.19. The number of rotatable bonds is 2. The third-order valence-corrected chi connectivity index (χ3v) is 5.46. The predicted octanol–water partition coefficient (Wildman–Crippen LogP) is 4.39. The highest BCUT2D eigenvalue weighted by atomic mass is 16.6. The molecule has 0 unspecified atom stereocenters. The fourth-order valence-electron chi connectivity index (χ4n) is 3.82. The largest absolute Gasteiger partial charge is 0.464 e. The van der Waals surface area contributed by atoms with Crippen molar-refractivity contribution in [2.45, 2.75) is 58.6 Å². The van der Waals surface area contributed by atoms with Crippen LogP contribution in [0.1, 0.15) is 52.8 Å². The molecular weight excluding hydrogens is 396 g/mol. The fourth-order valence-corrected chi connectivity index (χ4v) is 3.82. The lowest BCUT2D eigenvalue weighted by Gasteiger charge is -2.45. The number of hydrogen-bond donors (Lipinski definition) is 1. The summed E-state index contributed by atoms with van der Waals surface area (Å²) >= 11 is 0. The number of carbonyl (C=O) groups is 2. The average Bonchev–Trinajstić information content (AvgIpc) is 2.99. The van der Waals surface area contributed by atoms with Crippen LogP contribution in [0.4, 0.5) is 15.3 Å². The summed E-state index contributed by atoms with van der Waals surface area (Å²) in [5, 5.41) is 20.2. The maximum atomic E-state index is 12.3. The molecule has 1 fully saturated rings. The molecule has 166 valence electrons. The van der Waals surface area contributed by atoms with E-state index >= 15 is 0 Å². The number of nitrogens with zero attached hydrogens (tertiary/aromatic N) is 4. The van der Waals surface area contributed by atoms with Gasteiger partial charge < -0.3 is 19.6 Å². The van der Waals surface area contributed by atoms with Crippen LogP contribution in [0.3, 0.4) is 0 Å². The van der Waals surface area contributed by atoms with Crippen LogP contribution in [0, 0.1) is 11.3 Å². The molecule has 8 nitrogen and oxygen atoms in total. The smallest absolute Gasteiger partial charge is 0.416 e. The van der Waals surface area contributed by atoms with Gasteiger partial charge in [0.15, 0.2) is 0 Å². The molecule has 1 aliphatic rings. The standard InChI is InChI=1S/C23H30N4O4/c1-22(2,3)18-10-16-17(9-8-14(11-24)19(16)27(18)20(28)29)25(7)15-12-26(13-15)21(30)31-23(4,5)6/h8-10,15H,12-13H2,1-7H3,(H,28,29).